The first kappa shape index (κ1) is 26.7. The number of benzene rings is 1. The summed E-state index contributed by atoms with van der Waals surface area (Å²) < 4.78 is 22.8. The normalized spacial score (nSPS) is 14.0. The van der Waals surface area contributed by atoms with Crippen molar-refractivity contribution in [1.29, 1.82) is 10.7 Å². The second-order valence-electron chi connectivity index (χ2n) is 8.55. The first-order valence-corrected chi connectivity index (χ1v) is 13.6. The predicted octanol–water partition coefficient (Wildman–Crippen LogP) is 4.06. The lowest BCUT2D eigenvalue weighted by Gasteiger charge is -2.40. The number of hydrogen-bond acceptors (Lipinski definition) is 9. The lowest BCUT2D eigenvalue weighted by atomic mass is 9.98. The van der Waals surface area contributed by atoms with Crippen LogP contribution < -0.4 is 20.1 Å². The molecule has 192 valence electrons. The zero-order valence-corrected chi connectivity index (χ0v) is 22.5. The summed E-state index contributed by atoms with van der Waals surface area (Å²) in [6.45, 7) is 1.43. The molecule has 0 radical (unpaired) electrons. The summed E-state index contributed by atoms with van der Waals surface area (Å²) in [5.74, 6) is 2.20. The quantitative estimate of drug-likeness (QED) is 0.296. The number of nitrogens with one attached hydrogen (secondary N) is 1. The van der Waals surface area contributed by atoms with Gasteiger partial charge in [-0.15, -0.1) is 0 Å². The second kappa shape index (κ2) is 11.3. The van der Waals surface area contributed by atoms with Gasteiger partial charge in [0.25, 0.3) is 0 Å². The molecule has 3 N–H and O–H groups in total. The highest BCUT2D eigenvalue weighted by molar-refractivity contribution is 7.84. The van der Waals surface area contributed by atoms with Crippen LogP contribution in [0.5, 0.6) is 11.5 Å². The summed E-state index contributed by atoms with van der Waals surface area (Å²) in [6.07, 6.45) is 6.18. The van der Waals surface area contributed by atoms with E-state index in [0.717, 1.165) is 0 Å². The van der Waals surface area contributed by atoms with Crippen molar-refractivity contribution in [1.82, 2.24) is 9.97 Å². The molecule has 0 amide bonds. The molecule has 1 aliphatic heterocycles. The van der Waals surface area contributed by atoms with Crippen molar-refractivity contribution in [2.45, 2.75) is 6.61 Å². The molecule has 0 aliphatic carbocycles. The average molecular weight is 559 g/mol. The Morgan fingerprint density at radius 1 is 1.24 bits per heavy atom. The smallest absolute Gasteiger partial charge is 0.162 e. The van der Waals surface area contributed by atoms with Crippen LogP contribution in [0.4, 0.5) is 11.5 Å². The zero-order chi connectivity index (χ0) is 26.7. The minimum Gasteiger partial charge on any atom is -0.493 e. The number of nitriles is 1. The van der Waals surface area contributed by atoms with E-state index >= 15 is 0 Å². The number of halogens is 2. The van der Waals surface area contributed by atoms with Gasteiger partial charge in [0.05, 0.1) is 28.4 Å². The van der Waals surface area contributed by atoms with E-state index in [1.54, 1.807) is 30.7 Å². The maximum absolute atomic E-state index is 11.5. The van der Waals surface area contributed by atoms with Crippen LogP contribution in [0.2, 0.25) is 10.0 Å². The number of nitrogen functional groups attached to an aromatic ring is 1. The summed E-state index contributed by atoms with van der Waals surface area (Å²) in [5.41, 5.74) is 8.34. The van der Waals surface area contributed by atoms with Crippen molar-refractivity contribution in [2.24, 2.45) is 5.92 Å². The largest absolute Gasteiger partial charge is 0.493 e. The van der Waals surface area contributed by atoms with Crippen LogP contribution in [0.25, 0.3) is 0 Å². The number of aromatic nitrogens is 2. The SMILES string of the molecule is COc1cc(N)c(C(=N)c2cnc(N3CC(CS(C)=O)C3)c(C#N)c2)cc1OCc1c(Cl)cncc1Cl. The first-order chi connectivity index (χ1) is 17.7. The third-order valence-corrected chi connectivity index (χ3v) is 7.52. The highest BCUT2D eigenvalue weighted by Crippen LogP contribution is 2.35. The highest BCUT2D eigenvalue weighted by Gasteiger charge is 2.30. The van der Waals surface area contributed by atoms with E-state index in [9.17, 15) is 9.47 Å². The molecule has 0 saturated carbocycles. The molecule has 3 heterocycles. The van der Waals surface area contributed by atoms with Gasteiger partial charge in [0.15, 0.2) is 11.5 Å². The fourth-order valence-electron chi connectivity index (χ4n) is 4.05. The van der Waals surface area contributed by atoms with Gasteiger partial charge >= 0.3 is 0 Å². The number of ether oxygens (including phenoxy) is 2. The van der Waals surface area contributed by atoms with Gasteiger partial charge in [-0.05, 0) is 12.1 Å². The molecule has 12 heteroatoms. The van der Waals surface area contributed by atoms with E-state index in [1.165, 1.54) is 19.5 Å². The average Bonchev–Trinajstić information content (AvgIpc) is 2.85. The maximum atomic E-state index is 11.5. The lowest BCUT2D eigenvalue weighted by molar-refractivity contribution is 0.284. The van der Waals surface area contributed by atoms with Crippen molar-refractivity contribution in [3.8, 4) is 17.6 Å². The molecule has 1 atom stereocenters. The predicted molar refractivity (Wildman–Crippen MR) is 146 cm³/mol. The standard InChI is InChI=1S/C25H24Cl2N6O3S/c1-35-22-5-21(29)17(4-23(22)36-12-18-19(26)8-31-9-20(18)27)24(30)16-3-15(6-28)25(32-7-16)33-10-14(11-33)13-37(2)34/h3-5,7-9,14,30H,10-13,29H2,1-2H3. The van der Waals surface area contributed by atoms with Gasteiger partial charge in [0.1, 0.15) is 18.5 Å². The molecule has 1 fully saturated rings. The molecule has 1 unspecified atom stereocenters. The van der Waals surface area contributed by atoms with Gasteiger partial charge in [-0.3, -0.25) is 14.6 Å². The van der Waals surface area contributed by atoms with Crippen LogP contribution >= 0.6 is 23.2 Å². The van der Waals surface area contributed by atoms with E-state index in [0.29, 0.717) is 80.1 Å². The summed E-state index contributed by atoms with van der Waals surface area (Å²) in [4.78, 5) is 10.4. The summed E-state index contributed by atoms with van der Waals surface area (Å²) >= 11 is 12.4. The van der Waals surface area contributed by atoms with Gasteiger partial charge in [0.2, 0.25) is 0 Å². The fraction of sp³-hybridized carbons (Fsp3) is 0.280. The number of rotatable bonds is 9. The van der Waals surface area contributed by atoms with Gasteiger partial charge in [-0.2, -0.15) is 5.26 Å². The van der Waals surface area contributed by atoms with Crippen molar-refractivity contribution >= 4 is 51.2 Å². The molecule has 3 aromatic rings. The Kier molecular flexibility index (Phi) is 8.17. The van der Waals surface area contributed by atoms with Gasteiger partial charge in [0, 0.05) is 88.9 Å². The van der Waals surface area contributed by atoms with Crippen molar-refractivity contribution in [3.63, 3.8) is 0 Å². The molecule has 2 aromatic heterocycles. The molecule has 1 aliphatic rings. The van der Waals surface area contributed by atoms with Crippen LogP contribution in [0, 0.1) is 22.7 Å². The molecule has 4 rings (SSSR count). The summed E-state index contributed by atoms with van der Waals surface area (Å²) in [6, 6.07) is 6.97. The molecule has 1 aromatic carbocycles. The number of methoxy groups -OCH3 is 1. The third-order valence-electron chi connectivity index (χ3n) is 5.93. The number of pyridine rings is 2. The van der Waals surface area contributed by atoms with Crippen LogP contribution in [0.15, 0.2) is 36.8 Å². The van der Waals surface area contributed by atoms with E-state index in [2.05, 4.69) is 16.0 Å². The number of hydrogen-bond donors (Lipinski definition) is 2. The maximum Gasteiger partial charge on any atom is 0.162 e. The Bertz CT molecular complexity index is 1400. The Hall–Kier alpha value is -3.39. The van der Waals surface area contributed by atoms with Gasteiger partial charge in [-0.1, -0.05) is 23.2 Å². The number of anilines is 2. The molecular weight excluding hydrogens is 535 g/mol. The Morgan fingerprint density at radius 2 is 1.95 bits per heavy atom. The Morgan fingerprint density at radius 3 is 2.57 bits per heavy atom. The Labute approximate surface area is 227 Å². The van der Waals surface area contributed by atoms with Crippen LogP contribution in [0.3, 0.4) is 0 Å². The van der Waals surface area contributed by atoms with Crippen LogP contribution in [0.1, 0.15) is 22.3 Å². The van der Waals surface area contributed by atoms with E-state index < -0.39 is 10.8 Å². The minimum absolute atomic E-state index is 0.0462. The molecule has 9 nitrogen and oxygen atoms in total. The van der Waals surface area contributed by atoms with Crippen molar-refractivity contribution in [2.75, 3.05) is 42.8 Å². The van der Waals surface area contributed by atoms with Crippen molar-refractivity contribution in [3.05, 3.63) is 69.1 Å². The van der Waals surface area contributed by atoms with E-state index in [1.807, 2.05) is 4.90 Å². The molecular formula is C25H24Cl2N6O3S. The number of nitrogens with zero attached hydrogens (tertiary/aromatic N) is 4. The molecule has 0 spiro atoms. The summed E-state index contributed by atoms with van der Waals surface area (Å²) in [5, 5.41) is 19.3. The monoisotopic (exact) mass is 558 g/mol. The lowest BCUT2D eigenvalue weighted by Crippen LogP contribution is -2.49. The fourth-order valence-corrected chi connectivity index (χ4v) is 5.40. The number of nitrogens with two attached hydrogens (primary N) is 1. The van der Waals surface area contributed by atoms with E-state index in [-0.39, 0.29) is 12.3 Å². The molecule has 0 bridgehead atoms. The second-order valence-corrected chi connectivity index (χ2v) is 10.8. The topological polar surface area (TPSA) is 138 Å². The van der Waals surface area contributed by atoms with Crippen LogP contribution in [-0.2, 0) is 17.4 Å². The van der Waals surface area contributed by atoms with Crippen molar-refractivity contribution < 1.29 is 13.7 Å². The Balaban J connectivity index is 1.58. The third kappa shape index (κ3) is 5.80. The summed E-state index contributed by atoms with van der Waals surface area (Å²) in [7, 11) is 0.623. The minimum atomic E-state index is -0.863. The zero-order valence-electron chi connectivity index (χ0n) is 20.1. The molecule has 37 heavy (non-hydrogen) atoms. The van der Waals surface area contributed by atoms with Gasteiger partial charge < -0.3 is 20.1 Å². The van der Waals surface area contributed by atoms with Gasteiger partial charge in [-0.25, -0.2) is 4.98 Å². The highest BCUT2D eigenvalue weighted by atomic mass is 35.5. The molecule has 1 saturated heterocycles. The van der Waals surface area contributed by atoms with Crippen LogP contribution in [-0.4, -0.2) is 52.1 Å². The van der Waals surface area contributed by atoms with E-state index in [4.69, 9.17) is 43.8 Å². The first-order valence-electron chi connectivity index (χ1n) is 11.1.